The Hall–Kier alpha value is -1.69. The lowest BCUT2D eigenvalue weighted by Gasteiger charge is -2.21. The molecule has 0 N–H and O–H groups in total. The van der Waals surface area contributed by atoms with Crippen molar-refractivity contribution >= 4 is 9.84 Å². The average Bonchev–Trinajstić information content (AvgIpc) is 3.18. The van der Waals surface area contributed by atoms with E-state index in [0.29, 0.717) is 24.2 Å². The second-order valence-corrected chi connectivity index (χ2v) is 10.9. The molecule has 4 nitrogen and oxygen atoms in total. The van der Waals surface area contributed by atoms with E-state index in [4.69, 9.17) is 4.74 Å². The van der Waals surface area contributed by atoms with Crippen LogP contribution < -0.4 is 0 Å². The van der Waals surface area contributed by atoms with Gasteiger partial charge in [-0.25, -0.2) is 8.42 Å². The molecule has 0 radical (unpaired) electrons. The van der Waals surface area contributed by atoms with E-state index in [-0.39, 0.29) is 11.7 Å². The number of ether oxygens (including phenoxy) is 1. The van der Waals surface area contributed by atoms with Crippen molar-refractivity contribution < 1.29 is 13.2 Å². The van der Waals surface area contributed by atoms with Crippen LogP contribution in [0.25, 0.3) is 11.1 Å². The van der Waals surface area contributed by atoms with Crippen LogP contribution in [-0.4, -0.2) is 51.4 Å². The van der Waals surface area contributed by atoms with Crippen LogP contribution in [0, 0.1) is 5.92 Å². The van der Waals surface area contributed by atoms with Gasteiger partial charge in [0.25, 0.3) is 0 Å². The van der Waals surface area contributed by atoms with Crippen molar-refractivity contribution in [3.05, 3.63) is 54.1 Å². The van der Waals surface area contributed by atoms with Crippen LogP contribution in [0.5, 0.6) is 0 Å². The van der Waals surface area contributed by atoms with Gasteiger partial charge in [0, 0.05) is 25.8 Å². The molecule has 2 heterocycles. The first-order valence-electron chi connectivity index (χ1n) is 11.3. The second-order valence-electron chi connectivity index (χ2n) is 8.84. The highest BCUT2D eigenvalue weighted by molar-refractivity contribution is 7.91. The summed E-state index contributed by atoms with van der Waals surface area (Å²) in [6.07, 6.45) is 5.38. The van der Waals surface area contributed by atoms with Gasteiger partial charge < -0.3 is 9.64 Å². The third kappa shape index (κ3) is 5.32. The number of hydrogen-bond donors (Lipinski definition) is 0. The van der Waals surface area contributed by atoms with Crippen molar-refractivity contribution in [3.8, 4) is 11.1 Å². The smallest absolute Gasteiger partial charge is 0.178 e. The van der Waals surface area contributed by atoms with Gasteiger partial charge in [-0.15, -0.1) is 0 Å². The Labute approximate surface area is 181 Å². The highest BCUT2D eigenvalue weighted by Gasteiger charge is 2.23. The van der Waals surface area contributed by atoms with Crippen molar-refractivity contribution in [2.75, 3.05) is 32.1 Å². The number of rotatable bonds is 7. The Morgan fingerprint density at radius 3 is 2.17 bits per heavy atom. The number of likely N-dealkylation sites (tertiary alicyclic amines) is 1. The molecule has 0 saturated carbocycles. The van der Waals surface area contributed by atoms with Crippen LogP contribution >= 0.6 is 0 Å². The first kappa shape index (κ1) is 21.5. The minimum absolute atomic E-state index is 0.208. The third-order valence-electron chi connectivity index (χ3n) is 6.67. The molecule has 0 aromatic heterocycles. The highest BCUT2D eigenvalue weighted by Crippen LogP contribution is 2.25. The van der Waals surface area contributed by atoms with Gasteiger partial charge in [-0.2, -0.15) is 0 Å². The fraction of sp³-hybridized carbons (Fsp3) is 0.520. The third-order valence-corrected chi connectivity index (χ3v) is 8.58. The summed E-state index contributed by atoms with van der Waals surface area (Å²) >= 11 is 0. The average molecular weight is 428 g/mol. The first-order valence-corrected chi connectivity index (χ1v) is 12.9. The van der Waals surface area contributed by atoms with Crippen molar-refractivity contribution in [2.45, 2.75) is 50.0 Å². The molecule has 0 aliphatic carbocycles. The number of benzene rings is 2. The normalized spacial score (nSPS) is 21.2. The Bertz CT molecular complexity index is 916. The first-order chi connectivity index (χ1) is 14.5. The molecule has 30 heavy (non-hydrogen) atoms. The summed E-state index contributed by atoms with van der Waals surface area (Å²) in [5, 5.41) is 0. The molecule has 2 saturated heterocycles. The molecule has 2 fully saturated rings. The van der Waals surface area contributed by atoms with E-state index in [1.54, 1.807) is 12.1 Å². The summed E-state index contributed by atoms with van der Waals surface area (Å²) in [5.74, 6) is 0.430. The molecule has 2 aliphatic rings. The number of sulfone groups is 1. The minimum Gasteiger partial charge on any atom is -0.381 e. The van der Waals surface area contributed by atoms with E-state index in [0.717, 1.165) is 36.9 Å². The predicted molar refractivity (Wildman–Crippen MR) is 121 cm³/mol. The van der Waals surface area contributed by atoms with Crippen LogP contribution in [0.4, 0.5) is 0 Å². The van der Waals surface area contributed by atoms with Crippen LogP contribution in [-0.2, 0) is 21.0 Å². The highest BCUT2D eigenvalue weighted by atomic mass is 32.2. The van der Waals surface area contributed by atoms with Gasteiger partial charge in [0.05, 0.1) is 10.6 Å². The molecule has 0 amide bonds. The zero-order valence-corrected chi connectivity index (χ0v) is 18.7. The van der Waals surface area contributed by atoms with Crippen molar-refractivity contribution in [1.82, 2.24) is 4.90 Å². The quantitative estimate of drug-likeness (QED) is 0.649. The van der Waals surface area contributed by atoms with Crippen molar-refractivity contribution in [3.63, 3.8) is 0 Å². The Kier molecular flexibility index (Phi) is 6.91. The lowest BCUT2D eigenvalue weighted by molar-refractivity contribution is 0.0723. The molecule has 0 unspecified atom stereocenters. The maximum absolute atomic E-state index is 12.8. The predicted octanol–water partition coefficient (Wildman–Crippen LogP) is 4.58. The fourth-order valence-electron chi connectivity index (χ4n) is 4.64. The summed E-state index contributed by atoms with van der Waals surface area (Å²) in [4.78, 5) is 3.00. The molecule has 162 valence electrons. The summed E-state index contributed by atoms with van der Waals surface area (Å²) in [6.45, 7) is 6.02. The summed E-state index contributed by atoms with van der Waals surface area (Å²) in [6, 6.07) is 16.8. The van der Waals surface area contributed by atoms with E-state index < -0.39 is 9.84 Å². The Morgan fingerprint density at radius 2 is 1.57 bits per heavy atom. The van der Waals surface area contributed by atoms with Crippen molar-refractivity contribution in [1.29, 1.82) is 0 Å². The van der Waals surface area contributed by atoms with Crippen LogP contribution in [0.2, 0.25) is 0 Å². The van der Waals surface area contributed by atoms with Crippen molar-refractivity contribution in [2.24, 2.45) is 5.92 Å². The molecule has 2 aromatic carbocycles. The topological polar surface area (TPSA) is 46.6 Å². The van der Waals surface area contributed by atoms with Gasteiger partial charge in [-0.05, 0) is 80.3 Å². The largest absolute Gasteiger partial charge is 0.381 e. The summed E-state index contributed by atoms with van der Waals surface area (Å²) in [5.41, 5.74) is 3.54. The SMILES string of the molecule is C[C@@H]1CCCN1CCc1ccc(-c2ccc(S(=O)(=O)CC3CCOCC3)cc2)cc1. The standard InChI is InChI=1S/C25H33NO3S/c1-20-3-2-15-26(20)16-12-21-4-6-23(7-5-21)24-8-10-25(11-9-24)30(27,28)19-22-13-17-29-18-14-22/h4-11,20,22H,2-3,12-19H2,1H3/t20-/m1/s1. The van der Waals surface area contributed by atoms with Gasteiger partial charge in [0.1, 0.15) is 0 Å². The lowest BCUT2D eigenvalue weighted by atomic mass is 10.0. The fourth-order valence-corrected chi connectivity index (χ4v) is 6.33. The number of nitrogens with zero attached hydrogens (tertiary/aromatic N) is 1. The molecular formula is C25H33NO3S. The van der Waals surface area contributed by atoms with Gasteiger partial charge in [0.15, 0.2) is 9.84 Å². The van der Waals surface area contributed by atoms with Gasteiger partial charge in [0.2, 0.25) is 0 Å². The molecule has 4 rings (SSSR count). The van der Waals surface area contributed by atoms with E-state index in [9.17, 15) is 8.42 Å². The van der Waals surface area contributed by atoms with Gasteiger partial charge >= 0.3 is 0 Å². The van der Waals surface area contributed by atoms with E-state index in [2.05, 4.69) is 36.1 Å². The minimum atomic E-state index is -3.25. The molecule has 0 spiro atoms. The maximum atomic E-state index is 12.8. The monoisotopic (exact) mass is 427 g/mol. The van der Waals surface area contributed by atoms with Gasteiger partial charge in [-0.3, -0.25) is 0 Å². The zero-order valence-electron chi connectivity index (χ0n) is 17.9. The molecule has 1 atom stereocenters. The number of hydrogen-bond acceptors (Lipinski definition) is 4. The zero-order chi connectivity index (χ0) is 21.0. The molecule has 2 aliphatic heterocycles. The lowest BCUT2D eigenvalue weighted by Crippen LogP contribution is -2.28. The molecular weight excluding hydrogens is 394 g/mol. The Morgan fingerprint density at radius 1 is 0.933 bits per heavy atom. The summed E-state index contributed by atoms with van der Waals surface area (Å²) in [7, 11) is -3.25. The second kappa shape index (κ2) is 9.63. The van der Waals surface area contributed by atoms with Crippen LogP contribution in [0.15, 0.2) is 53.4 Å². The van der Waals surface area contributed by atoms with E-state index in [1.807, 2.05) is 12.1 Å². The van der Waals surface area contributed by atoms with Gasteiger partial charge in [-0.1, -0.05) is 36.4 Å². The summed E-state index contributed by atoms with van der Waals surface area (Å²) < 4.78 is 30.8. The van der Waals surface area contributed by atoms with E-state index in [1.165, 1.54) is 24.9 Å². The molecule has 0 bridgehead atoms. The van der Waals surface area contributed by atoms with Crippen LogP contribution in [0.1, 0.15) is 38.2 Å². The molecule has 2 aromatic rings. The molecule has 5 heteroatoms. The van der Waals surface area contributed by atoms with E-state index >= 15 is 0 Å². The Balaban J connectivity index is 1.37. The van der Waals surface area contributed by atoms with Crippen LogP contribution in [0.3, 0.4) is 0 Å². The maximum Gasteiger partial charge on any atom is 0.178 e.